The fourth-order valence-electron chi connectivity index (χ4n) is 3.03. The van der Waals surface area contributed by atoms with E-state index in [-0.39, 0.29) is 12.5 Å². The van der Waals surface area contributed by atoms with Crippen LogP contribution in [0.15, 0.2) is 28.0 Å². The van der Waals surface area contributed by atoms with Crippen molar-refractivity contribution in [1.29, 1.82) is 0 Å². The molecular formula is C18H21NO2S3. The molecule has 1 aromatic carbocycles. The van der Waals surface area contributed by atoms with Gasteiger partial charge in [0, 0.05) is 16.8 Å². The highest BCUT2D eigenvalue weighted by Crippen LogP contribution is 2.37. The van der Waals surface area contributed by atoms with E-state index in [2.05, 4.69) is 23.5 Å². The number of hydrogen-bond acceptors (Lipinski definition) is 5. The number of aliphatic hydroxyl groups excluding tert-OH is 1. The molecule has 2 N–H and O–H groups in total. The average Bonchev–Trinajstić information content (AvgIpc) is 2.89. The minimum atomic E-state index is -0.119. The smallest absolute Gasteiger partial charge is 0.263 e. The summed E-state index contributed by atoms with van der Waals surface area (Å²) in [6, 6.07) is 6.30. The third kappa shape index (κ3) is 4.63. The van der Waals surface area contributed by atoms with Crippen LogP contribution in [0.2, 0.25) is 0 Å². The van der Waals surface area contributed by atoms with E-state index in [4.69, 9.17) is 12.2 Å². The maximum absolute atomic E-state index is 12.0. The molecule has 1 aliphatic heterocycles. The van der Waals surface area contributed by atoms with E-state index in [0.29, 0.717) is 20.9 Å². The van der Waals surface area contributed by atoms with E-state index in [1.165, 1.54) is 48.8 Å². The fourth-order valence-corrected chi connectivity index (χ4v) is 5.39. The monoisotopic (exact) mass is 379 g/mol. The Morgan fingerprint density at radius 1 is 1.33 bits per heavy atom. The van der Waals surface area contributed by atoms with Crippen molar-refractivity contribution in [2.75, 3.05) is 6.61 Å². The molecule has 1 saturated heterocycles. The van der Waals surface area contributed by atoms with Crippen molar-refractivity contribution in [2.24, 2.45) is 0 Å². The molecule has 3 nitrogen and oxygen atoms in total. The van der Waals surface area contributed by atoms with Crippen molar-refractivity contribution in [3.8, 4) is 0 Å². The molecule has 0 bridgehead atoms. The van der Waals surface area contributed by atoms with Crippen LogP contribution in [0, 0.1) is 0 Å². The van der Waals surface area contributed by atoms with E-state index in [0.717, 1.165) is 11.1 Å². The van der Waals surface area contributed by atoms with Gasteiger partial charge in [-0.15, -0.1) is 11.8 Å². The highest BCUT2D eigenvalue weighted by molar-refractivity contribution is 8.26. The van der Waals surface area contributed by atoms with Gasteiger partial charge in [-0.2, -0.15) is 0 Å². The number of aliphatic hydroxyl groups is 1. The zero-order valence-corrected chi connectivity index (χ0v) is 15.9. The molecule has 1 aliphatic carbocycles. The van der Waals surface area contributed by atoms with Gasteiger partial charge in [0.15, 0.2) is 0 Å². The van der Waals surface area contributed by atoms with Gasteiger partial charge in [0.25, 0.3) is 5.91 Å². The molecular weight excluding hydrogens is 358 g/mol. The lowest BCUT2D eigenvalue weighted by Crippen LogP contribution is -2.17. The number of carbonyl (C=O) groups excluding carboxylic acids is 1. The van der Waals surface area contributed by atoms with Gasteiger partial charge in [-0.05, 0) is 42.5 Å². The molecule has 0 spiro atoms. The third-order valence-electron chi connectivity index (χ3n) is 4.25. The zero-order valence-electron chi connectivity index (χ0n) is 13.4. The number of rotatable bonds is 5. The number of thioether (sulfide) groups is 2. The number of amides is 1. The quantitative estimate of drug-likeness (QED) is 0.595. The Morgan fingerprint density at radius 3 is 2.79 bits per heavy atom. The van der Waals surface area contributed by atoms with Crippen LogP contribution in [0.3, 0.4) is 0 Å². The van der Waals surface area contributed by atoms with Crippen molar-refractivity contribution in [3.63, 3.8) is 0 Å². The van der Waals surface area contributed by atoms with Crippen LogP contribution in [0.5, 0.6) is 0 Å². The summed E-state index contributed by atoms with van der Waals surface area (Å²) in [6.45, 7) is 0.129. The molecule has 0 radical (unpaired) electrons. The second-order valence-corrected chi connectivity index (χ2v) is 9.14. The van der Waals surface area contributed by atoms with E-state index < -0.39 is 0 Å². The van der Waals surface area contributed by atoms with Gasteiger partial charge in [0.1, 0.15) is 4.32 Å². The largest absolute Gasteiger partial charge is 0.396 e. The van der Waals surface area contributed by atoms with Crippen LogP contribution >= 0.6 is 35.7 Å². The maximum Gasteiger partial charge on any atom is 0.263 e. The average molecular weight is 380 g/mol. The van der Waals surface area contributed by atoms with Crippen molar-refractivity contribution >= 4 is 52.0 Å². The first kappa shape index (κ1) is 18.0. The van der Waals surface area contributed by atoms with Crippen LogP contribution in [-0.2, 0) is 11.2 Å². The summed E-state index contributed by atoms with van der Waals surface area (Å²) in [5.74, 6) is -0.119. The lowest BCUT2D eigenvalue weighted by Gasteiger charge is -2.22. The van der Waals surface area contributed by atoms with Gasteiger partial charge in [0.05, 0.1) is 4.91 Å². The first-order chi connectivity index (χ1) is 11.7. The Kier molecular flexibility index (Phi) is 6.38. The molecule has 1 aromatic rings. The Labute approximate surface area is 156 Å². The topological polar surface area (TPSA) is 49.3 Å². The van der Waals surface area contributed by atoms with Crippen LogP contribution < -0.4 is 5.32 Å². The van der Waals surface area contributed by atoms with Gasteiger partial charge in [0.2, 0.25) is 0 Å². The third-order valence-corrected chi connectivity index (χ3v) is 6.84. The highest BCUT2D eigenvalue weighted by Gasteiger charge is 2.23. The molecule has 1 amide bonds. The highest BCUT2D eigenvalue weighted by atomic mass is 32.2. The maximum atomic E-state index is 12.0. The van der Waals surface area contributed by atoms with Crippen LogP contribution in [0.4, 0.5) is 0 Å². The number of benzene rings is 1. The molecule has 128 valence electrons. The van der Waals surface area contributed by atoms with Crippen molar-refractivity contribution in [3.05, 3.63) is 34.2 Å². The van der Waals surface area contributed by atoms with E-state index in [1.807, 2.05) is 17.8 Å². The second-order valence-electron chi connectivity index (χ2n) is 6.08. The predicted octanol–water partition coefficient (Wildman–Crippen LogP) is 4.14. The first-order valence-corrected chi connectivity index (χ1v) is 10.4. The Bertz CT molecular complexity index is 666. The predicted molar refractivity (Wildman–Crippen MR) is 106 cm³/mol. The summed E-state index contributed by atoms with van der Waals surface area (Å²) < 4.78 is 0.513. The summed E-state index contributed by atoms with van der Waals surface area (Å²) in [7, 11) is 0. The normalized spacial score (nSPS) is 20.6. The molecule has 24 heavy (non-hydrogen) atoms. The zero-order chi connectivity index (χ0) is 16.9. The molecule has 2 fully saturated rings. The molecule has 3 rings (SSSR count). The van der Waals surface area contributed by atoms with Gasteiger partial charge < -0.3 is 10.4 Å². The Hall–Kier alpha value is -0.820. The first-order valence-electron chi connectivity index (χ1n) is 8.31. The van der Waals surface area contributed by atoms with Gasteiger partial charge in [-0.3, -0.25) is 4.79 Å². The second kappa shape index (κ2) is 8.52. The summed E-state index contributed by atoms with van der Waals surface area (Å²) in [5, 5.41) is 12.5. The van der Waals surface area contributed by atoms with Gasteiger partial charge >= 0.3 is 0 Å². The summed E-state index contributed by atoms with van der Waals surface area (Å²) in [4.78, 5) is 13.8. The fraction of sp³-hybridized carbons (Fsp3) is 0.444. The van der Waals surface area contributed by atoms with Crippen molar-refractivity contribution < 1.29 is 9.90 Å². The lowest BCUT2D eigenvalue weighted by molar-refractivity contribution is -0.115. The molecule has 1 heterocycles. The number of hydrogen-bond donors (Lipinski definition) is 2. The van der Waals surface area contributed by atoms with Crippen LogP contribution in [-0.4, -0.2) is 27.2 Å². The molecule has 0 aromatic heterocycles. The Balaban J connectivity index is 1.88. The van der Waals surface area contributed by atoms with E-state index >= 15 is 0 Å². The number of thiocarbonyl (C=S) groups is 1. The minimum absolute atomic E-state index is 0.119. The lowest BCUT2D eigenvalue weighted by atomic mass is 10.0. The molecule has 0 atom stereocenters. The van der Waals surface area contributed by atoms with Gasteiger partial charge in [-0.25, -0.2) is 0 Å². The summed E-state index contributed by atoms with van der Waals surface area (Å²) in [6.07, 6.45) is 9.05. The van der Waals surface area contributed by atoms with Crippen LogP contribution in [0.1, 0.15) is 43.2 Å². The molecule has 0 unspecified atom stereocenters. The molecule has 1 saturated carbocycles. The molecule has 6 heteroatoms. The van der Waals surface area contributed by atoms with Gasteiger partial charge in [-0.1, -0.05) is 55.4 Å². The summed E-state index contributed by atoms with van der Waals surface area (Å²) in [5.41, 5.74) is 2.14. The standard InChI is InChI=1S/C18H21NO2S3/c20-9-8-12-6-7-15(23-14-4-2-1-3-5-14)13(10-12)11-16-17(21)19-18(22)24-16/h6-7,10-11,14,20H,1-5,8-9H2,(H,19,21,22)/b16-11-. The minimum Gasteiger partial charge on any atom is -0.396 e. The number of nitrogens with one attached hydrogen (secondary N) is 1. The van der Waals surface area contributed by atoms with E-state index in [9.17, 15) is 9.90 Å². The van der Waals surface area contributed by atoms with Crippen LogP contribution in [0.25, 0.3) is 6.08 Å². The molecule has 2 aliphatic rings. The number of carbonyl (C=O) groups is 1. The SMILES string of the molecule is O=C1NC(=S)S/C1=C\c1cc(CCO)ccc1SC1CCCCC1. The van der Waals surface area contributed by atoms with E-state index in [1.54, 1.807) is 0 Å². The van der Waals surface area contributed by atoms with Crippen molar-refractivity contribution in [1.82, 2.24) is 5.32 Å². The summed E-state index contributed by atoms with van der Waals surface area (Å²) >= 11 is 8.31. The Morgan fingerprint density at radius 2 is 2.12 bits per heavy atom. The van der Waals surface area contributed by atoms with Crippen molar-refractivity contribution in [2.45, 2.75) is 48.7 Å².